The van der Waals surface area contributed by atoms with Crippen LogP contribution in [0.3, 0.4) is 0 Å². The maximum Gasteiger partial charge on any atom is 0.0346 e. The van der Waals surface area contributed by atoms with Crippen LogP contribution in [0.1, 0.15) is 12.0 Å². The van der Waals surface area contributed by atoms with Crippen LogP contribution in [-0.2, 0) is 6.54 Å². The third-order valence-corrected chi connectivity index (χ3v) is 3.94. The summed E-state index contributed by atoms with van der Waals surface area (Å²) in [6.07, 6.45) is 5.14. The summed E-state index contributed by atoms with van der Waals surface area (Å²) in [5.74, 6) is 0.807. The van der Waals surface area contributed by atoms with Crippen molar-refractivity contribution >= 4 is 10.8 Å². The molecule has 0 spiro atoms. The molecule has 1 aliphatic heterocycles. The molecule has 0 aliphatic carbocycles. The highest BCUT2D eigenvalue weighted by Gasteiger charge is 2.16. The van der Waals surface area contributed by atoms with Gasteiger partial charge in [0.25, 0.3) is 0 Å². The number of nitrogens with zero attached hydrogens (tertiary/aromatic N) is 2. The minimum atomic E-state index is 0.807. The van der Waals surface area contributed by atoms with Crippen LogP contribution in [0.25, 0.3) is 10.8 Å². The Bertz CT molecular complexity index is 541. The highest BCUT2D eigenvalue weighted by molar-refractivity contribution is 5.84. The number of benzene rings is 1. The van der Waals surface area contributed by atoms with Gasteiger partial charge in [-0.1, -0.05) is 18.2 Å². The first-order chi connectivity index (χ1) is 9.33. The van der Waals surface area contributed by atoms with Gasteiger partial charge in [-0.2, -0.15) is 0 Å². The molecule has 1 saturated heterocycles. The molecule has 1 N–H and O–H groups in total. The van der Waals surface area contributed by atoms with E-state index < -0.39 is 0 Å². The van der Waals surface area contributed by atoms with Gasteiger partial charge in [0.15, 0.2) is 0 Å². The zero-order chi connectivity index (χ0) is 13.1. The van der Waals surface area contributed by atoms with E-state index in [2.05, 4.69) is 46.5 Å². The van der Waals surface area contributed by atoms with E-state index in [1.54, 1.807) is 0 Å². The molecule has 0 radical (unpaired) electrons. The first kappa shape index (κ1) is 12.6. The van der Waals surface area contributed by atoms with E-state index in [1.807, 2.05) is 12.4 Å². The molecule has 1 aliphatic rings. The molecular weight excluding hydrogens is 234 g/mol. The average Bonchev–Trinajstić information content (AvgIpc) is 2.92. The molecule has 3 rings (SSSR count). The third kappa shape index (κ3) is 2.94. The molecule has 0 saturated carbocycles. The quantitative estimate of drug-likeness (QED) is 0.908. The van der Waals surface area contributed by atoms with Crippen LogP contribution in [-0.4, -0.2) is 36.6 Å². The molecule has 0 unspecified atom stereocenters. The lowest BCUT2D eigenvalue weighted by Gasteiger charge is -2.21. The zero-order valence-corrected chi connectivity index (χ0v) is 11.5. The maximum atomic E-state index is 4.19. The van der Waals surface area contributed by atoms with Crippen LogP contribution < -0.4 is 5.32 Å². The number of fused-ring (bicyclic) bond motifs is 1. The predicted molar refractivity (Wildman–Crippen MR) is 79.1 cm³/mol. The van der Waals surface area contributed by atoms with E-state index in [1.165, 1.54) is 42.4 Å². The summed E-state index contributed by atoms with van der Waals surface area (Å²) < 4.78 is 0. The van der Waals surface area contributed by atoms with Crippen molar-refractivity contribution in [1.82, 2.24) is 15.2 Å². The number of hydrogen-bond acceptors (Lipinski definition) is 3. The van der Waals surface area contributed by atoms with Crippen LogP contribution in [0.15, 0.2) is 36.7 Å². The Morgan fingerprint density at radius 1 is 1.37 bits per heavy atom. The van der Waals surface area contributed by atoms with Crippen molar-refractivity contribution in [2.45, 2.75) is 13.0 Å². The van der Waals surface area contributed by atoms with E-state index in [0.717, 1.165) is 12.5 Å². The van der Waals surface area contributed by atoms with Crippen LogP contribution >= 0.6 is 0 Å². The van der Waals surface area contributed by atoms with Crippen LogP contribution in [0.2, 0.25) is 0 Å². The summed E-state index contributed by atoms with van der Waals surface area (Å²) in [5, 5.41) is 6.00. The topological polar surface area (TPSA) is 28.2 Å². The molecule has 1 aromatic carbocycles. The second-order valence-corrected chi connectivity index (χ2v) is 5.57. The number of hydrogen-bond donors (Lipinski definition) is 1. The molecule has 1 fully saturated rings. The van der Waals surface area contributed by atoms with Crippen molar-refractivity contribution in [2.75, 3.05) is 26.7 Å². The fourth-order valence-corrected chi connectivity index (χ4v) is 2.99. The van der Waals surface area contributed by atoms with Gasteiger partial charge in [0, 0.05) is 30.9 Å². The molecular formula is C16H21N3. The normalized spacial score (nSPS) is 19.4. The number of pyridine rings is 1. The summed E-state index contributed by atoms with van der Waals surface area (Å²) in [6.45, 7) is 4.54. The summed E-state index contributed by atoms with van der Waals surface area (Å²) >= 11 is 0. The summed E-state index contributed by atoms with van der Waals surface area (Å²) in [7, 11) is 2.22. The molecule has 0 amide bonds. The summed E-state index contributed by atoms with van der Waals surface area (Å²) in [6, 6.07) is 8.61. The molecule has 3 heteroatoms. The van der Waals surface area contributed by atoms with Gasteiger partial charge in [-0.3, -0.25) is 4.98 Å². The number of aromatic nitrogens is 1. The van der Waals surface area contributed by atoms with Crippen LogP contribution in [0.4, 0.5) is 0 Å². The fourth-order valence-electron chi connectivity index (χ4n) is 2.99. The van der Waals surface area contributed by atoms with E-state index in [-0.39, 0.29) is 0 Å². The first-order valence-corrected chi connectivity index (χ1v) is 7.04. The molecule has 1 aromatic heterocycles. The molecule has 0 bridgehead atoms. The molecule has 3 nitrogen and oxygen atoms in total. The molecule has 100 valence electrons. The van der Waals surface area contributed by atoms with Crippen molar-refractivity contribution in [2.24, 2.45) is 5.92 Å². The third-order valence-electron chi connectivity index (χ3n) is 3.94. The Morgan fingerprint density at radius 3 is 3.16 bits per heavy atom. The minimum absolute atomic E-state index is 0.807. The Morgan fingerprint density at radius 2 is 2.32 bits per heavy atom. The minimum Gasteiger partial charge on any atom is -0.316 e. The zero-order valence-electron chi connectivity index (χ0n) is 11.5. The van der Waals surface area contributed by atoms with Gasteiger partial charge in [0.2, 0.25) is 0 Å². The molecule has 2 aromatic rings. The van der Waals surface area contributed by atoms with Gasteiger partial charge in [-0.25, -0.2) is 0 Å². The standard InChI is InChI=1S/C16H21N3/c1-19(11-13-5-7-17-9-13)12-15-4-2-3-14-10-18-8-6-16(14)15/h2-4,6,8,10,13,17H,5,7,9,11-12H2,1H3/t13-/m0/s1. The maximum absolute atomic E-state index is 4.19. The number of nitrogens with one attached hydrogen (secondary N) is 1. The van der Waals surface area contributed by atoms with Gasteiger partial charge >= 0.3 is 0 Å². The van der Waals surface area contributed by atoms with Gasteiger partial charge in [-0.05, 0) is 49.5 Å². The second-order valence-electron chi connectivity index (χ2n) is 5.57. The summed E-state index contributed by atoms with van der Waals surface area (Å²) in [4.78, 5) is 6.63. The van der Waals surface area contributed by atoms with Crippen LogP contribution in [0.5, 0.6) is 0 Å². The lowest BCUT2D eigenvalue weighted by atomic mass is 10.1. The second kappa shape index (κ2) is 5.68. The van der Waals surface area contributed by atoms with E-state index in [4.69, 9.17) is 0 Å². The predicted octanol–water partition coefficient (Wildman–Crippen LogP) is 2.28. The lowest BCUT2D eigenvalue weighted by Crippen LogP contribution is -2.26. The monoisotopic (exact) mass is 255 g/mol. The summed E-state index contributed by atoms with van der Waals surface area (Å²) in [5.41, 5.74) is 1.40. The Balaban J connectivity index is 1.73. The largest absolute Gasteiger partial charge is 0.316 e. The van der Waals surface area contributed by atoms with Gasteiger partial charge in [0.1, 0.15) is 0 Å². The lowest BCUT2D eigenvalue weighted by molar-refractivity contribution is 0.279. The molecule has 2 heterocycles. The van der Waals surface area contributed by atoms with Crippen LogP contribution in [0, 0.1) is 5.92 Å². The average molecular weight is 255 g/mol. The van der Waals surface area contributed by atoms with E-state index >= 15 is 0 Å². The van der Waals surface area contributed by atoms with Crippen molar-refractivity contribution in [3.63, 3.8) is 0 Å². The Labute approximate surface area is 114 Å². The van der Waals surface area contributed by atoms with Crippen molar-refractivity contribution in [3.05, 3.63) is 42.2 Å². The van der Waals surface area contributed by atoms with Crippen molar-refractivity contribution in [3.8, 4) is 0 Å². The van der Waals surface area contributed by atoms with Gasteiger partial charge in [-0.15, -0.1) is 0 Å². The smallest absolute Gasteiger partial charge is 0.0346 e. The van der Waals surface area contributed by atoms with Crippen molar-refractivity contribution in [1.29, 1.82) is 0 Å². The molecule has 19 heavy (non-hydrogen) atoms. The first-order valence-electron chi connectivity index (χ1n) is 7.04. The highest BCUT2D eigenvalue weighted by Crippen LogP contribution is 2.19. The number of rotatable bonds is 4. The fraction of sp³-hybridized carbons (Fsp3) is 0.438. The Hall–Kier alpha value is -1.45. The highest BCUT2D eigenvalue weighted by atomic mass is 15.1. The van der Waals surface area contributed by atoms with Gasteiger partial charge < -0.3 is 10.2 Å². The van der Waals surface area contributed by atoms with E-state index in [9.17, 15) is 0 Å². The molecule has 1 atom stereocenters. The Kier molecular flexibility index (Phi) is 3.76. The SMILES string of the molecule is CN(Cc1cccc2cnccc12)C[C@H]1CCNC1. The van der Waals surface area contributed by atoms with Gasteiger partial charge in [0.05, 0.1) is 0 Å². The van der Waals surface area contributed by atoms with Crippen molar-refractivity contribution < 1.29 is 0 Å². The van der Waals surface area contributed by atoms with E-state index in [0.29, 0.717) is 0 Å².